The lowest BCUT2D eigenvalue weighted by molar-refractivity contribution is -0.299. The van der Waals surface area contributed by atoms with Crippen molar-refractivity contribution in [3.63, 3.8) is 0 Å². The predicted octanol–water partition coefficient (Wildman–Crippen LogP) is -0.691. The van der Waals surface area contributed by atoms with Crippen LogP contribution in [0.25, 0.3) is 5.76 Å². The number of ketones is 2. The molecule has 0 heterocycles. The number of likely N-dealkylation sites (N-methyl/N-ethyl adjacent to an activating group) is 1. The molecule has 0 aromatic heterocycles. The molecule has 0 bridgehead atoms. The lowest BCUT2D eigenvalue weighted by atomic mass is 9.57. The van der Waals surface area contributed by atoms with E-state index in [-0.39, 0.29) is 23.3 Å². The van der Waals surface area contributed by atoms with Gasteiger partial charge in [0.15, 0.2) is 22.7 Å². The van der Waals surface area contributed by atoms with Crippen LogP contribution >= 0.6 is 0 Å². The van der Waals surface area contributed by atoms with E-state index in [1.54, 1.807) is 20.2 Å². The van der Waals surface area contributed by atoms with Gasteiger partial charge in [0.1, 0.15) is 11.5 Å². The lowest BCUT2D eigenvalue weighted by Gasteiger charge is -2.50. The molecule has 1 aromatic rings. The summed E-state index contributed by atoms with van der Waals surface area (Å²) in [6, 6.07) is 2.15. The Bertz CT molecular complexity index is 1180. The SMILES string of the molecule is CN(C)Cc1ccc(O)c2c1CC1CC3C(N(C)C)C(=O)C(C([NH3+])=O)=C(O)C3(O)C(=O)C1=C2O. The largest absolute Gasteiger partial charge is 0.508 e. The highest BCUT2D eigenvalue weighted by Gasteiger charge is 2.64. The molecule has 0 radical (unpaired) electrons. The van der Waals surface area contributed by atoms with Crippen molar-refractivity contribution in [2.24, 2.45) is 11.8 Å². The number of rotatable bonds is 4. The molecule has 1 fully saturated rings. The molecule has 7 N–H and O–H groups in total. The number of aliphatic hydroxyl groups excluding tert-OH is 2. The van der Waals surface area contributed by atoms with Gasteiger partial charge in [-0.05, 0) is 64.1 Å². The Morgan fingerprint density at radius 2 is 1.79 bits per heavy atom. The first kappa shape index (κ1) is 24.1. The number of quaternary nitrogens is 1. The van der Waals surface area contributed by atoms with Crippen LogP contribution < -0.4 is 5.73 Å². The average molecular weight is 473 g/mol. The maximum atomic E-state index is 13.7. The van der Waals surface area contributed by atoms with E-state index in [1.807, 2.05) is 19.0 Å². The second kappa shape index (κ2) is 8.02. The molecule has 4 rings (SSSR count). The summed E-state index contributed by atoms with van der Waals surface area (Å²) in [7, 11) is 6.96. The smallest absolute Gasteiger partial charge is 0.348 e. The van der Waals surface area contributed by atoms with Crippen molar-refractivity contribution in [2.45, 2.75) is 31.0 Å². The van der Waals surface area contributed by atoms with Crippen molar-refractivity contribution in [2.75, 3.05) is 28.2 Å². The molecule has 4 atom stereocenters. The van der Waals surface area contributed by atoms with Crippen molar-refractivity contribution < 1.29 is 40.5 Å². The van der Waals surface area contributed by atoms with Gasteiger partial charge in [-0.15, -0.1) is 0 Å². The zero-order valence-corrected chi connectivity index (χ0v) is 19.6. The van der Waals surface area contributed by atoms with Crippen LogP contribution in [0.3, 0.4) is 0 Å². The summed E-state index contributed by atoms with van der Waals surface area (Å²) in [5, 5.41) is 44.2. The number of carbonyl (C=O) groups is 3. The van der Waals surface area contributed by atoms with Gasteiger partial charge in [-0.2, -0.15) is 0 Å². The Labute approximate surface area is 196 Å². The number of Topliss-reactive ketones (excluding diaryl/α,β-unsaturated/α-hetero) is 2. The van der Waals surface area contributed by atoms with Crippen LogP contribution in [-0.2, 0) is 27.3 Å². The Morgan fingerprint density at radius 3 is 2.35 bits per heavy atom. The fourth-order valence-corrected chi connectivity index (χ4v) is 5.83. The van der Waals surface area contributed by atoms with E-state index >= 15 is 0 Å². The highest BCUT2D eigenvalue weighted by Crippen LogP contribution is 2.52. The zero-order valence-electron chi connectivity index (χ0n) is 19.6. The summed E-state index contributed by atoms with van der Waals surface area (Å²) in [5.41, 5.74) is 1.46. The molecule has 182 valence electrons. The van der Waals surface area contributed by atoms with Crippen LogP contribution in [-0.4, -0.2) is 87.5 Å². The van der Waals surface area contributed by atoms with Crippen LogP contribution in [0.2, 0.25) is 0 Å². The molecule has 34 heavy (non-hydrogen) atoms. The Balaban J connectivity index is 1.96. The molecule has 0 saturated heterocycles. The lowest BCUT2D eigenvalue weighted by Crippen LogP contribution is -2.68. The molecule has 0 spiro atoms. The van der Waals surface area contributed by atoms with Crippen molar-refractivity contribution in [1.82, 2.24) is 9.80 Å². The van der Waals surface area contributed by atoms with Crippen molar-refractivity contribution >= 4 is 23.2 Å². The normalized spacial score (nSPS) is 28.9. The number of benzene rings is 1. The number of fused-ring (bicyclic) bond motifs is 3. The number of amides is 1. The van der Waals surface area contributed by atoms with E-state index in [1.165, 1.54) is 11.0 Å². The number of hydrogen-bond donors (Lipinski definition) is 5. The minimum atomic E-state index is -2.58. The average Bonchev–Trinajstić information content (AvgIpc) is 2.72. The van der Waals surface area contributed by atoms with Crippen molar-refractivity contribution in [1.29, 1.82) is 0 Å². The van der Waals surface area contributed by atoms with E-state index in [0.29, 0.717) is 18.5 Å². The van der Waals surface area contributed by atoms with Crippen LogP contribution in [0.5, 0.6) is 5.75 Å². The first-order chi connectivity index (χ1) is 15.8. The van der Waals surface area contributed by atoms with E-state index in [9.17, 15) is 34.8 Å². The second-order valence-electron chi connectivity index (χ2n) is 9.86. The third kappa shape index (κ3) is 3.21. The summed E-state index contributed by atoms with van der Waals surface area (Å²) in [4.78, 5) is 42.4. The van der Waals surface area contributed by atoms with Gasteiger partial charge in [-0.25, -0.2) is 4.79 Å². The summed E-state index contributed by atoms with van der Waals surface area (Å²) >= 11 is 0. The first-order valence-electron chi connectivity index (χ1n) is 11.0. The molecule has 0 aliphatic heterocycles. The number of hydrogen-bond acceptors (Lipinski definition) is 9. The van der Waals surface area contributed by atoms with Crippen molar-refractivity contribution in [3.05, 3.63) is 45.7 Å². The van der Waals surface area contributed by atoms with Crippen LogP contribution in [0.15, 0.2) is 29.0 Å². The molecular weight excluding hydrogens is 442 g/mol. The van der Waals surface area contributed by atoms with E-state index in [0.717, 1.165) is 5.56 Å². The van der Waals surface area contributed by atoms with Crippen LogP contribution in [0.1, 0.15) is 23.1 Å². The molecule has 10 heteroatoms. The maximum Gasteiger partial charge on any atom is 0.348 e. The summed E-state index contributed by atoms with van der Waals surface area (Å²) < 4.78 is 0. The number of carbonyl (C=O) groups excluding carboxylic acids is 3. The Kier molecular flexibility index (Phi) is 5.68. The Hall–Kier alpha value is -3.05. The number of aliphatic hydroxyl groups is 3. The van der Waals surface area contributed by atoms with Gasteiger partial charge < -0.3 is 25.3 Å². The Morgan fingerprint density at radius 1 is 1.15 bits per heavy atom. The topological polar surface area (TPSA) is 166 Å². The van der Waals surface area contributed by atoms with E-state index < -0.39 is 58.0 Å². The number of aromatic hydroxyl groups is 1. The molecule has 1 amide bonds. The maximum absolute atomic E-state index is 13.7. The highest BCUT2D eigenvalue weighted by molar-refractivity contribution is 6.22. The van der Waals surface area contributed by atoms with Crippen molar-refractivity contribution in [3.8, 4) is 5.75 Å². The van der Waals surface area contributed by atoms with Gasteiger partial charge in [-0.1, -0.05) is 6.07 Å². The predicted molar refractivity (Wildman–Crippen MR) is 120 cm³/mol. The monoisotopic (exact) mass is 472 g/mol. The zero-order chi connectivity index (χ0) is 25.3. The van der Waals surface area contributed by atoms with Gasteiger partial charge in [0, 0.05) is 18.0 Å². The summed E-state index contributed by atoms with van der Waals surface area (Å²) in [6.45, 7) is 0.538. The fourth-order valence-electron chi connectivity index (χ4n) is 5.83. The fraction of sp³-hybridized carbons (Fsp3) is 0.458. The van der Waals surface area contributed by atoms with E-state index in [2.05, 4.69) is 5.73 Å². The van der Waals surface area contributed by atoms with Gasteiger partial charge in [-0.3, -0.25) is 20.2 Å². The molecule has 3 aliphatic carbocycles. The minimum absolute atomic E-state index is 0.0927. The van der Waals surface area contributed by atoms with E-state index in [4.69, 9.17) is 0 Å². The summed E-state index contributed by atoms with van der Waals surface area (Å²) in [5.74, 6) is -6.00. The van der Waals surface area contributed by atoms with Gasteiger partial charge in [0.05, 0.1) is 11.6 Å². The highest BCUT2D eigenvalue weighted by atomic mass is 16.3. The quantitative estimate of drug-likeness (QED) is 0.356. The van der Waals surface area contributed by atoms with Gasteiger partial charge >= 0.3 is 5.91 Å². The molecule has 1 aromatic carbocycles. The third-order valence-electron chi connectivity index (χ3n) is 7.22. The standard InChI is InChI=1S/C24H29N3O7/c1-26(2)9-10-5-6-14(28)16-12(10)7-11-8-13-18(27(3)4)20(30)17(23(25)33)22(32)24(13,34)21(31)15(11)19(16)29/h5-6,11,13,18,28-29,32,34H,7-9H2,1-4H3,(H2,25,33)/p+1. The molecule has 1 saturated carbocycles. The second-order valence-corrected chi connectivity index (χ2v) is 9.86. The van der Waals surface area contributed by atoms with Crippen LogP contribution in [0.4, 0.5) is 0 Å². The molecular formula is C24H30N3O7+. The third-order valence-corrected chi connectivity index (χ3v) is 7.22. The minimum Gasteiger partial charge on any atom is -0.508 e. The van der Waals surface area contributed by atoms with Gasteiger partial charge in [0.25, 0.3) is 0 Å². The molecule has 10 nitrogen and oxygen atoms in total. The number of phenolic OH excluding ortho intramolecular Hbond substituents is 1. The number of phenols is 1. The first-order valence-corrected chi connectivity index (χ1v) is 11.0. The molecule has 3 aliphatic rings. The van der Waals surface area contributed by atoms with Crippen LogP contribution in [0, 0.1) is 11.8 Å². The molecule has 4 unspecified atom stereocenters. The summed E-state index contributed by atoms with van der Waals surface area (Å²) in [6.07, 6.45) is 0.389. The number of nitrogens with zero attached hydrogens (tertiary/aromatic N) is 2. The van der Waals surface area contributed by atoms with Gasteiger partial charge in [0.2, 0.25) is 5.78 Å².